The topological polar surface area (TPSA) is 54.0 Å². The Hall–Kier alpha value is -1.88. The maximum atomic E-state index is 11.7. The number of benzene rings is 1. The van der Waals surface area contributed by atoms with Crippen molar-refractivity contribution in [2.45, 2.75) is 27.2 Å². The van der Waals surface area contributed by atoms with Gasteiger partial charge in [-0.25, -0.2) is 4.98 Å². The van der Waals surface area contributed by atoms with Gasteiger partial charge in [-0.1, -0.05) is 29.8 Å². The van der Waals surface area contributed by atoms with Crippen molar-refractivity contribution in [2.24, 2.45) is 5.92 Å². The van der Waals surface area contributed by atoms with Crippen molar-refractivity contribution in [3.05, 3.63) is 46.6 Å². The van der Waals surface area contributed by atoms with Crippen molar-refractivity contribution in [2.75, 3.05) is 10.6 Å². The Morgan fingerprint density at radius 1 is 1.27 bits per heavy atom. The number of halogens is 1. The van der Waals surface area contributed by atoms with E-state index >= 15 is 0 Å². The molecule has 4 nitrogen and oxygen atoms in total. The molecule has 116 valence electrons. The van der Waals surface area contributed by atoms with Gasteiger partial charge in [-0.3, -0.25) is 4.79 Å². The number of pyridine rings is 1. The molecule has 0 aliphatic carbocycles. The minimum Gasteiger partial charge on any atom is -0.354 e. The van der Waals surface area contributed by atoms with Crippen molar-refractivity contribution < 1.29 is 4.79 Å². The van der Waals surface area contributed by atoms with Crippen LogP contribution in [-0.4, -0.2) is 10.9 Å². The highest BCUT2D eigenvalue weighted by Gasteiger charge is 2.06. The summed E-state index contributed by atoms with van der Waals surface area (Å²) in [4.78, 5) is 16.0. The van der Waals surface area contributed by atoms with Crippen molar-refractivity contribution in [3.63, 3.8) is 0 Å². The van der Waals surface area contributed by atoms with Crippen molar-refractivity contribution in [3.8, 4) is 0 Å². The number of amides is 1. The molecule has 0 spiro atoms. The second-order valence-corrected chi connectivity index (χ2v) is 6.58. The largest absolute Gasteiger partial charge is 0.354 e. The lowest BCUT2D eigenvalue weighted by molar-refractivity contribution is -0.116. The Kier molecular flexibility index (Phi) is 5.55. The summed E-state index contributed by atoms with van der Waals surface area (Å²) >= 11 is 3.45. The van der Waals surface area contributed by atoms with Gasteiger partial charge < -0.3 is 10.6 Å². The Morgan fingerprint density at radius 2 is 2.05 bits per heavy atom. The Bertz CT molecular complexity index is 653. The van der Waals surface area contributed by atoms with Crippen LogP contribution in [0.1, 0.15) is 25.8 Å². The van der Waals surface area contributed by atoms with Crippen LogP contribution in [0.4, 0.5) is 17.2 Å². The Labute approximate surface area is 139 Å². The zero-order valence-corrected chi connectivity index (χ0v) is 14.6. The molecule has 0 aliphatic rings. The molecule has 2 rings (SSSR count). The van der Waals surface area contributed by atoms with Crippen LogP contribution in [0.25, 0.3) is 0 Å². The predicted molar refractivity (Wildman–Crippen MR) is 94.5 cm³/mol. The van der Waals surface area contributed by atoms with Crippen LogP contribution in [-0.2, 0) is 4.79 Å². The monoisotopic (exact) mass is 361 g/mol. The van der Waals surface area contributed by atoms with Crippen LogP contribution in [0.2, 0.25) is 0 Å². The van der Waals surface area contributed by atoms with Crippen LogP contribution in [0.5, 0.6) is 0 Å². The molecule has 0 aliphatic heterocycles. The summed E-state index contributed by atoms with van der Waals surface area (Å²) < 4.78 is 1.05. The Balaban J connectivity index is 2.01. The van der Waals surface area contributed by atoms with E-state index < -0.39 is 0 Å². The summed E-state index contributed by atoms with van der Waals surface area (Å²) in [5.74, 6) is 0.900. The molecular weight excluding hydrogens is 342 g/mol. The number of aryl methyl sites for hydroxylation is 1. The van der Waals surface area contributed by atoms with Gasteiger partial charge in [-0.05, 0) is 48.7 Å². The van der Waals surface area contributed by atoms with Crippen LogP contribution >= 0.6 is 15.9 Å². The van der Waals surface area contributed by atoms with E-state index in [0.29, 0.717) is 18.2 Å². The number of nitrogens with zero attached hydrogens (tertiary/aromatic N) is 1. The molecule has 0 unspecified atom stereocenters. The third-order valence-corrected chi connectivity index (χ3v) is 3.59. The highest BCUT2D eigenvalue weighted by Crippen LogP contribution is 2.23. The number of aromatic nitrogens is 1. The second kappa shape index (κ2) is 7.40. The molecule has 1 amide bonds. The fourth-order valence-electron chi connectivity index (χ4n) is 2.03. The van der Waals surface area contributed by atoms with Gasteiger partial charge in [0.25, 0.3) is 0 Å². The molecule has 2 aromatic rings. The van der Waals surface area contributed by atoms with Gasteiger partial charge >= 0.3 is 0 Å². The lowest BCUT2D eigenvalue weighted by atomic mass is 10.1. The van der Waals surface area contributed by atoms with Gasteiger partial charge in [0.05, 0.1) is 11.9 Å². The summed E-state index contributed by atoms with van der Waals surface area (Å²) in [6.45, 7) is 6.07. The van der Waals surface area contributed by atoms with Gasteiger partial charge in [0, 0.05) is 16.6 Å². The summed E-state index contributed by atoms with van der Waals surface area (Å²) in [7, 11) is 0. The highest BCUT2D eigenvalue weighted by atomic mass is 79.9. The first-order valence-electron chi connectivity index (χ1n) is 7.23. The summed E-state index contributed by atoms with van der Waals surface area (Å²) in [6.07, 6.45) is 2.21. The average Bonchev–Trinajstić information content (AvgIpc) is 2.43. The molecule has 1 aromatic heterocycles. The number of carbonyl (C=O) groups excluding carboxylic acids is 1. The van der Waals surface area contributed by atoms with Gasteiger partial charge in [0.2, 0.25) is 5.91 Å². The molecule has 0 bridgehead atoms. The van der Waals surface area contributed by atoms with Crippen LogP contribution in [0.15, 0.2) is 41.0 Å². The summed E-state index contributed by atoms with van der Waals surface area (Å²) in [6, 6.07) is 9.76. The van der Waals surface area contributed by atoms with E-state index in [2.05, 4.69) is 37.6 Å². The molecule has 1 heterocycles. The van der Waals surface area contributed by atoms with Gasteiger partial charge in [-0.2, -0.15) is 0 Å². The van der Waals surface area contributed by atoms with E-state index in [1.807, 2.05) is 39.0 Å². The lowest BCUT2D eigenvalue weighted by Crippen LogP contribution is -2.14. The number of nitrogens with one attached hydrogen (secondary N) is 2. The SMILES string of the molecule is Cc1cc(Br)ccc1Nc1ccc(NC(=O)CC(C)C)nc1. The third kappa shape index (κ3) is 4.84. The summed E-state index contributed by atoms with van der Waals surface area (Å²) in [5.41, 5.74) is 3.05. The molecule has 0 radical (unpaired) electrons. The minimum atomic E-state index is -0.00744. The highest BCUT2D eigenvalue weighted by molar-refractivity contribution is 9.10. The minimum absolute atomic E-state index is 0.00744. The molecule has 0 saturated heterocycles. The van der Waals surface area contributed by atoms with Crippen molar-refractivity contribution in [1.82, 2.24) is 4.98 Å². The molecular formula is C17H20BrN3O. The smallest absolute Gasteiger partial charge is 0.225 e. The molecule has 5 heteroatoms. The molecule has 0 atom stereocenters. The maximum absolute atomic E-state index is 11.7. The van der Waals surface area contributed by atoms with Crippen LogP contribution < -0.4 is 10.6 Å². The summed E-state index contributed by atoms with van der Waals surface area (Å²) in [5, 5.41) is 6.12. The molecule has 22 heavy (non-hydrogen) atoms. The number of hydrogen-bond donors (Lipinski definition) is 2. The van der Waals surface area contributed by atoms with Gasteiger partial charge in [-0.15, -0.1) is 0 Å². The number of rotatable bonds is 5. The van der Waals surface area contributed by atoms with Gasteiger partial charge in [0.1, 0.15) is 5.82 Å². The quantitative estimate of drug-likeness (QED) is 0.797. The van der Waals surface area contributed by atoms with E-state index in [1.54, 1.807) is 12.3 Å². The average molecular weight is 362 g/mol. The predicted octanol–water partition coefficient (Wildman–Crippen LogP) is 4.88. The van der Waals surface area contributed by atoms with E-state index in [4.69, 9.17) is 0 Å². The van der Waals surface area contributed by atoms with E-state index in [1.165, 1.54) is 0 Å². The fourth-order valence-corrected chi connectivity index (χ4v) is 2.50. The first kappa shape index (κ1) is 16.5. The number of anilines is 3. The van der Waals surface area contributed by atoms with Crippen LogP contribution in [0, 0.1) is 12.8 Å². The van der Waals surface area contributed by atoms with Crippen molar-refractivity contribution in [1.29, 1.82) is 0 Å². The normalized spacial score (nSPS) is 10.6. The third-order valence-electron chi connectivity index (χ3n) is 3.09. The molecule has 0 fully saturated rings. The van der Waals surface area contributed by atoms with E-state index in [9.17, 15) is 4.79 Å². The molecule has 2 N–H and O–H groups in total. The fraction of sp³-hybridized carbons (Fsp3) is 0.294. The zero-order valence-electron chi connectivity index (χ0n) is 13.0. The van der Waals surface area contributed by atoms with Crippen LogP contribution in [0.3, 0.4) is 0 Å². The maximum Gasteiger partial charge on any atom is 0.225 e. The van der Waals surface area contributed by atoms with Gasteiger partial charge in [0.15, 0.2) is 0 Å². The Morgan fingerprint density at radius 3 is 2.64 bits per heavy atom. The number of hydrogen-bond acceptors (Lipinski definition) is 3. The lowest BCUT2D eigenvalue weighted by Gasteiger charge is -2.11. The van der Waals surface area contributed by atoms with E-state index in [-0.39, 0.29) is 5.91 Å². The first-order chi connectivity index (χ1) is 10.4. The zero-order chi connectivity index (χ0) is 16.1. The first-order valence-corrected chi connectivity index (χ1v) is 8.02. The molecule has 0 saturated carbocycles. The standard InChI is InChI=1S/C17H20BrN3O/c1-11(2)8-17(22)21-16-7-5-14(10-19-16)20-15-6-4-13(18)9-12(15)3/h4-7,9-11,20H,8H2,1-3H3,(H,19,21,22). The van der Waals surface area contributed by atoms with E-state index in [0.717, 1.165) is 21.4 Å². The van der Waals surface area contributed by atoms with Crippen molar-refractivity contribution >= 4 is 39.0 Å². The second-order valence-electron chi connectivity index (χ2n) is 5.66. The molecule has 1 aromatic carbocycles. The number of carbonyl (C=O) groups is 1.